The lowest BCUT2D eigenvalue weighted by atomic mass is 10.1. The van der Waals surface area contributed by atoms with Gasteiger partial charge in [-0.05, 0) is 38.9 Å². The van der Waals surface area contributed by atoms with Crippen LogP contribution >= 0.6 is 11.3 Å². The molecule has 1 heterocycles. The van der Waals surface area contributed by atoms with Gasteiger partial charge in [-0.3, -0.25) is 9.69 Å². The Morgan fingerprint density at radius 1 is 1.39 bits per heavy atom. The Morgan fingerprint density at radius 3 is 2.50 bits per heavy atom. The highest BCUT2D eigenvalue weighted by Crippen LogP contribution is 2.29. The molecule has 3 nitrogen and oxygen atoms in total. The van der Waals surface area contributed by atoms with E-state index in [0.717, 1.165) is 13.0 Å². The fourth-order valence-corrected chi connectivity index (χ4v) is 3.33. The van der Waals surface area contributed by atoms with E-state index in [4.69, 9.17) is 5.11 Å². The van der Waals surface area contributed by atoms with Crippen molar-refractivity contribution in [2.75, 3.05) is 6.54 Å². The van der Waals surface area contributed by atoms with Crippen molar-refractivity contribution in [3.8, 4) is 0 Å². The summed E-state index contributed by atoms with van der Waals surface area (Å²) in [5.41, 5.74) is 0. The Bertz CT molecular complexity index is 389. The topological polar surface area (TPSA) is 40.5 Å². The van der Waals surface area contributed by atoms with E-state index in [1.165, 1.54) is 9.75 Å². The first-order valence-corrected chi connectivity index (χ1v) is 7.37. The number of aryl methyl sites for hydroxylation is 1. The smallest absolute Gasteiger partial charge is 0.304 e. The van der Waals surface area contributed by atoms with Crippen LogP contribution in [-0.4, -0.2) is 28.6 Å². The van der Waals surface area contributed by atoms with Crippen LogP contribution in [0.15, 0.2) is 12.1 Å². The van der Waals surface area contributed by atoms with Crippen LogP contribution in [0.25, 0.3) is 0 Å². The molecule has 1 rings (SSSR count). The molecule has 0 radical (unpaired) electrons. The van der Waals surface area contributed by atoms with E-state index in [0.29, 0.717) is 0 Å². The van der Waals surface area contributed by atoms with Crippen LogP contribution in [0.3, 0.4) is 0 Å². The minimum atomic E-state index is -0.728. The summed E-state index contributed by atoms with van der Waals surface area (Å²) in [7, 11) is 0. The quantitative estimate of drug-likeness (QED) is 0.823. The maximum atomic E-state index is 10.8. The van der Waals surface area contributed by atoms with E-state index in [2.05, 4.69) is 37.8 Å². The largest absolute Gasteiger partial charge is 0.481 e. The predicted octanol–water partition coefficient (Wildman–Crippen LogP) is 3.56. The molecule has 102 valence electrons. The van der Waals surface area contributed by atoms with Crippen molar-refractivity contribution >= 4 is 17.3 Å². The van der Waals surface area contributed by atoms with E-state index in [1.54, 1.807) is 0 Å². The molecule has 0 amide bonds. The van der Waals surface area contributed by atoms with E-state index in [1.807, 2.05) is 18.3 Å². The highest BCUT2D eigenvalue weighted by Gasteiger charge is 2.22. The van der Waals surface area contributed by atoms with Gasteiger partial charge in [0.25, 0.3) is 0 Å². The number of nitrogens with zero attached hydrogens (tertiary/aromatic N) is 1. The number of carboxylic acid groups (broad SMARTS) is 1. The third kappa shape index (κ3) is 3.82. The molecule has 0 saturated carbocycles. The molecule has 0 aliphatic heterocycles. The Balaban J connectivity index is 2.77. The molecule has 0 saturated heterocycles. The second-order valence-electron chi connectivity index (χ2n) is 4.61. The molecule has 18 heavy (non-hydrogen) atoms. The van der Waals surface area contributed by atoms with Crippen molar-refractivity contribution in [3.05, 3.63) is 21.9 Å². The molecule has 1 aromatic rings. The van der Waals surface area contributed by atoms with Gasteiger partial charge in [0, 0.05) is 21.8 Å². The van der Waals surface area contributed by atoms with Crippen molar-refractivity contribution in [2.24, 2.45) is 0 Å². The molecule has 4 heteroatoms. The number of carbonyl (C=O) groups is 1. The van der Waals surface area contributed by atoms with Crippen molar-refractivity contribution in [3.63, 3.8) is 0 Å². The van der Waals surface area contributed by atoms with Crippen molar-refractivity contribution in [2.45, 2.75) is 52.6 Å². The standard InChI is InChI=1S/C14H23NO2S/c1-5-12-7-8-13(18-12)11(4)15(6-2)10(3)9-14(16)17/h7-8,10-11H,5-6,9H2,1-4H3,(H,16,17). The third-order valence-electron chi connectivity index (χ3n) is 3.34. The SMILES string of the molecule is CCc1ccc(C(C)N(CC)C(C)CC(=O)O)s1. The van der Waals surface area contributed by atoms with E-state index >= 15 is 0 Å². The van der Waals surface area contributed by atoms with Gasteiger partial charge in [-0.15, -0.1) is 11.3 Å². The summed E-state index contributed by atoms with van der Waals surface area (Å²) < 4.78 is 0. The van der Waals surface area contributed by atoms with Crippen LogP contribution in [0.4, 0.5) is 0 Å². The minimum Gasteiger partial charge on any atom is -0.481 e. The van der Waals surface area contributed by atoms with Crippen LogP contribution in [0.1, 0.15) is 49.9 Å². The van der Waals surface area contributed by atoms with Gasteiger partial charge < -0.3 is 5.11 Å². The maximum absolute atomic E-state index is 10.8. The van der Waals surface area contributed by atoms with Crippen LogP contribution in [0.2, 0.25) is 0 Å². The molecule has 0 bridgehead atoms. The summed E-state index contributed by atoms with van der Waals surface area (Å²) in [6.07, 6.45) is 1.26. The first-order valence-electron chi connectivity index (χ1n) is 6.55. The normalized spacial score (nSPS) is 14.7. The van der Waals surface area contributed by atoms with Crippen molar-refractivity contribution in [1.29, 1.82) is 0 Å². The van der Waals surface area contributed by atoms with Crippen molar-refractivity contribution < 1.29 is 9.90 Å². The second-order valence-corrected chi connectivity index (χ2v) is 5.81. The van der Waals surface area contributed by atoms with E-state index < -0.39 is 5.97 Å². The summed E-state index contributed by atoms with van der Waals surface area (Å²) >= 11 is 1.83. The molecule has 0 fully saturated rings. The van der Waals surface area contributed by atoms with Gasteiger partial charge in [-0.1, -0.05) is 13.8 Å². The molecular weight excluding hydrogens is 246 g/mol. The fourth-order valence-electron chi connectivity index (χ4n) is 2.31. The lowest BCUT2D eigenvalue weighted by Crippen LogP contribution is -2.36. The second kappa shape index (κ2) is 6.90. The molecule has 1 N–H and O–H groups in total. The molecule has 0 aliphatic carbocycles. The van der Waals surface area contributed by atoms with Crippen LogP contribution in [0, 0.1) is 0 Å². The number of hydrogen-bond donors (Lipinski definition) is 1. The molecule has 2 unspecified atom stereocenters. The van der Waals surface area contributed by atoms with Gasteiger partial charge >= 0.3 is 5.97 Å². The number of thiophene rings is 1. The van der Waals surface area contributed by atoms with E-state index in [-0.39, 0.29) is 18.5 Å². The average Bonchev–Trinajstić information content (AvgIpc) is 2.77. The van der Waals surface area contributed by atoms with Gasteiger partial charge in [0.05, 0.1) is 6.42 Å². The van der Waals surface area contributed by atoms with Crippen LogP contribution in [-0.2, 0) is 11.2 Å². The Morgan fingerprint density at radius 2 is 2.06 bits per heavy atom. The number of rotatable bonds is 7. The molecule has 2 atom stereocenters. The molecule has 0 aromatic carbocycles. The Hall–Kier alpha value is -0.870. The molecule has 0 spiro atoms. The van der Waals surface area contributed by atoms with Crippen LogP contribution in [0.5, 0.6) is 0 Å². The minimum absolute atomic E-state index is 0.0645. The predicted molar refractivity (Wildman–Crippen MR) is 76.2 cm³/mol. The Kier molecular flexibility index (Phi) is 5.82. The average molecular weight is 269 g/mol. The van der Waals surface area contributed by atoms with Gasteiger partial charge in [0.2, 0.25) is 0 Å². The first-order chi connectivity index (χ1) is 8.49. The summed E-state index contributed by atoms with van der Waals surface area (Å²) in [5, 5.41) is 8.90. The zero-order valence-electron chi connectivity index (χ0n) is 11.6. The van der Waals surface area contributed by atoms with Gasteiger partial charge in [0.1, 0.15) is 0 Å². The number of hydrogen-bond acceptors (Lipinski definition) is 3. The first kappa shape index (κ1) is 15.2. The lowest BCUT2D eigenvalue weighted by molar-refractivity contribution is -0.138. The van der Waals surface area contributed by atoms with Crippen molar-refractivity contribution in [1.82, 2.24) is 4.90 Å². The van der Waals surface area contributed by atoms with Gasteiger partial charge in [-0.2, -0.15) is 0 Å². The summed E-state index contributed by atoms with van der Waals surface area (Å²) in [6.45, 7) is 9.26. The number of carboxylic acids is 1. The highest BCUT2D eigenvalue weighted by molar-refractivity contribution is 7.12. The summed E-state index contributed by atoms with van der Waals surface area (Å²) in [5.74, 6) is -0.728. The monoisotopic (exact) mass is 269 g/mol. The number of aliphatic carboxylic acids is 1. The zero-order valence-corrected chi connectivity index (χ0v) is 12.5. The zero-order chi connectivity index (χ0) is 13.7. The fraction of sp³-hybridized carbons (Fsp3) is 0.643. The van der Waals surface area contributed by atoms with E-state index in [9.17, 15) is 4.79 Å². The summed E-state index contributed by atoms with van der Waals surface area (Å²) in [6, 6.07) is 4.69. The Labute approximate surface area is 113 Å². The third-order valence-corrected chi connectivity index (χ3v) is 4.74. The van der Waals surface area contributed by atoms with Gasteiger partial charge in [-0.25, -0.2) is 0 Å². The molecule has 0 aliphatic rings. The maximum Gasteiger partial charge on any atom is 0.304 e. The summed E-state index contributed by atoms with van der Waals surface area (Å²) in [4.78, 5) is 15.8. The van der Waals surface area contributed by atoms with Crippen LogP contribution < -0.4 is 0 Å². The lowest BCUT2D eigenvalue weighted by Gasteiger charge is -2.32. The molecular formula is C14H23NO2S. The van der Waals surface area contributed by atoms with Gasteiger partial charge in [0.15, 0.2) is 0 Å². The highest BCUT2D eigenvalue weighted by atomic mass is 32.1. The molecule has 1 aromatic heterocycles.